The summed E-state index contributed by atoms with van der Waals surface area (Å²) in [5, 5.41) is 0.0710. The van der Waals surface area contributed by atoms with Gasteiger partial charge in [0.2, 0.25) is 0 Å². The van der Waals surface area contributed by atoms with E-state index in [4.69, 9.17) is 0 Å². The Kier molecular flexibility index (Phi) is 6.23. The summed E-state index contributed by atoms with van der Waals surface area (Å²) in [4.78, 5) is 15.3. The van der Waals surface area contributed by atoms with Crippen molar-refractivity contribution in [3.8, 4) is 0 Å². The Morgan fingerprint density at radius 3 is 1.76 bits per heavy atom. The van der Waals surface area contributed by atoms with Crippen LogP contribution in [0.25, 0.3) is 0 Å². The molecule has 1 heterocycles. The minimum absolute atomic E-state index is 0.0710. The number of halogens is 2. The third kappa shape index (κ3) is 4.20. The molecule has 1 amide bonds. The van der Waals surface area contributed by atoms with Crippen molar-refractivity contribution in [1.29, 1.82) is 0 Å². The molecule has 0 spiro atoms. The fraction of sp³-hybridized carbons (Fsp3) is 0.458. The number of carbonyl (C=O) groups excluding carboxylic acids is 1. The summed E-state index contributed by atoms with van der Waals surface area (Å²) in [6.45, 7) is 1.58. The fourth-order valence-corrected chi connectivity index (χ4v) is 6.34. The third-order valence-corrected chi connectivity index (χ3v) is 7.90. The fourth-order valence-electron chi connectivity index (χ4n) is 4.85. The van der Waals surface area contributed by atoms with Gasteiger partial charge in [-0.1, -0.05) is 43.5 Å². The largest absolute Gasteiger partial charge is 0.334 e. The highest BCUT2D eigenvalue weighted by Crippen LogP contribution is 2.54. The number of amides is 1. The average Bonchev–Trinajstić information content (AvgIpc) is 3.29. The van der Waals surface area contributed by atoms with Crippen LogP contribution in [0.3, 0.4) is 0 Å². The molecular formula is C24H27F2NOS. The molecule has 5 heteroatoms. The van der Waals surface area contributed by atoms with Crippen molar-refractivity contribution in [1.82, 2.24) is 4.90 Å². The Labute approximate surface area is 175 Å². The van der Waals surface area contributed by atoms with Crippen LogP contribution in [0.2, 0.25) is 0 Å². The van der Waals surface area contributed by atoms with Crippen molar-refractivity contribution in [2.75, 3.05) is 13.1 Å². The average molecular weight is 416 g/mol. The van der Waals surface area contributed by atoms with Crippen LogP contribution in [0.4, 0.5) is 13.6 Å². The van der Waals surface area contributed by atoms with Crippen LogP contribution in [0.1, 0.15) is 56.1 Å². The lowest BCUT2D eigenvalue weighted by atomic mass is 9.72. The van der Waals surface area contributed by atoms with E-state index in [0.717, 1.165) is 62.7 Å². The van der Waals surface area contributed by atoms with Gasteiger partial charge in [-0.3, -0.25) is 4.79 Å². The van der Waals surface area contributed by atoms with Gasteiger partial charge in [0, 0.05) is 13.1 Å². The van der Waals surface area contributed by atoms with E-state index in [1.807, 2.05) is 4.90 Å². The molecule has 2 aromatic rings. The van der Waals surface area contributed by atoms with Crippen molar-refractivity contribution in [2.24, 2.45) is 5.92 Å². The molecule has 0 radical (unpaired) electrons. The molecule has 0 N–H and O–H groups in total. The van der Waals surface area contributed by atoms with E-state index in [1.54, 1.807) is 24.3 Å². The van der Waals surface area contributed by atoms with Crippen LogP contribution < -0.4 is 0 Å². The first-order valence-electron chi connectivity index (χ1n) is 10.6. The van der Waals surface area contributed by atoms with E-state index >= 15 is 0 Å². The van der Waals surface area contributed by atoms with Crippen LogP contribution in [0, 0.1) is 17.6 Å². The van der Waals surface area contributed by atoms with Crippen LogP contribution in [0.15, 0.2) is 48.5 Å². The Balaban J connectivity index is 1.84. The number of carbonyl (C=O) groups is 1. The van der Waals surface area contributed by atoms with E-state index in [0.29, 0.717) is 0 Å². The van der Waals surface area contributed by atoms with Gasteiger partial charge in [0.1, 0.15) is 11.6 Å². The first kappa shape index (κ1) is 20.4. The molecule has 0 unspecified atom stereocenters. The van der Waals surface area contributed by atoms with Crippen molar-refractivity contribution in [2.45, 2.75) is 49.7 Å². The molecule has 1 saturated heterocycles. The standard InChI is InChI=1S/C24H27F2NOS/c25-21-12-8-19(9-13-21)24(18-6-2-1-3-7-18,20-10-14-22(26)15-11-20)29-23(28)27-16-4-5-17-27/h8-15,18H,1-7,16-17H2. The SMILES string of the molecule is O=C(SC(c1ccc(F)cc1)(c1ccc(F)cc1)C1CCCCC1)N1CCCC1. The number of hydrogen-bond donors (Lipinski definition) is 0. The Bertz CT molecular complexity index is 779. The summed E-state index contributed by atoms with van der Waals surface area (Å²) in [5.41, 5.74) is 1.85. The maximum absolute atomic E-state index is 13.7. The van der Waals surface area contributed by atoms with Gasteiger partial charge in [-0.25, -0.2) is 8.78 Å². The van der Waals surface area contributed by atoms with Gasteiger partial charge in [0.15, 0.2) is 0 Å². The van der Waals surface area contributed by atoms with Crippen LogP contribution in [-0.4, -0.2) is 23.2 Å². The summed E-state index contributed by atoms with van der Waals surface area (Å²) >= 11 is 1.36. The topological polar surface area (TPSA) is 20.3 Å². The molecule has 2 fully saturated rings. The van der Waals surface area contributed by atoms with Crippen molar-refractivity contribution < 1.29 is 13.6 Å². The second kappa shape index (κ2) is 8.86. The first-order valence-corrected chi connectivity index (χ1v) is 11.4. The van der Waals surface area contributed by atoms with E-state index in [1.165, 1.54) is 42.4 Å². The highest BCUT2D eigenvalue weighted by atomic mass is 32.2. The Morgan fingerprint density at radius 1 is 0.793 bits per heavy atom. The molecule has 2 nitrogen and oxygen atoms in total. The molecule has 2 aromatic carbocycles. The Hall–Kier alpha value is -1.88. The number of thioether (sulfide) groups is 1. The molecule has 154 valence electrons. The van der Waals surface area contributed by atoms with Gasteiger partial charge in [-0.15, -0.1) is 0 Å². The Morgan fingerprint density at radius 2 is 1.28 bits per heavy atom. The highest BCUT2D eigenvalue weighted by Gasteiger charge is 2.46. The van der Waals surface area contributed by atoms with Crippen molar-refractivity contribution >= 4 is 17.0 Å². The molecule has 2 aliphatic rings. The van der Waals surface area contributed by atoms with Gasteiger partial charge >= 0.3 is 0 Å². The van der Waals surface area contributed by atoms with Crippen LogP contribution in [0.5, 0.6) is 0 Å². The number of hydrogen-bond acceptors (Lipinski definition) is 2. The molecule has 0 bridgehead atoms. The van der Waals surface area contributed by atoms with Gasteiger partial charge in [-0.2, -0.15) is 0 Å². The second-order valence-electron chi connectivity index (χ2n) is 8.15. The van der Waals surface area contributed by atoms with E-state index in [9.17, 15) is 13.6 Å². The number of nitrogens with zero attached hydrogens (tertiary/aromatic N) is 1. The lowest BCUT2D eigenvalue weighted by molar-refractivity contribution is 0.232. The maximum atomic E-state index is 13.7. The van der Waals surface area contributed by atoms with Crippen LogP contribution >= 0.6 is 11.8 Å². The lowest BCUT2D eigenvalue weighted by Gasteiger charge is -2.43. The monoisotopic (exact) mass is 415 g/mol. The summed E-state index contributed by atoms with van der Waals surface area (Å²) in [7, 11) is 0. The molecule has 29 heavy (non-hydrogen) atoms. The second-order valence-corrected chi connectivity index (χ2v) is 9.34. The van der Waals surface area contributed by atoms with Crippen LogP contribution in [-0.2, 0) is 4.75 Å². The third-order valence-electron chi connectivity index (χ3n) is 6.34. The molecule has 4 rings (SSSR count). The number of benzene rings is 2. The molecule has 1 saturated carbocycles. The molecule has 0 atom stereocenters. The highest BCUT2D eigenvalue weighted by molar-refractivity contribution is 8.14. The smallest absolute Gasteiger partial charge is 0.282 e. The van der Waals surface area contributed by atoms with E-state index in [-0.39, 0.29) is 22.8 Å². The van der Waals surface area contributed by atoms with E-state index in [2.05, 4.69) is 0 Å². The first-order chi connectivity index (χ1) is 14.1. The minimum Gasteiger partial charge on any atom is -0.334 e. The quantitative estimate of drug-likeness (QED) is 0.551. The summed E-state index contributed by atoms with van der Waals surface area (Å²) in [6, 6.07) is 13.1. The van der Waals surface area contributed by atoms with E-state index < -0.39 is 4.75 Å². The summed E-state index contributed by atoms with van der Waals surface area (Å²) < 4.78 is 26.9. The maximum Gasteiger partial charge on any atom is 0.282 e. The predicted molar refractivity (Wildman–Crippen MR) is 114 cm³/mol. The normalized spacial score (nSPS) is 18.2. The zero-order valence-corrected chi connectivity index (χ0v) is 17.4. The minimum atomic E-state index is -0.637. The summed E-state index contributed by atoms with van der Waals surface area (Å²) in [5.74, 6) is -0.341. The number of likely N-dealkylation sites (tertiary alicyclic amines) is 1. The van der Waals surface area contributed by atoms with Gasteiger partial charge in [-0.05, 0) is 78.8 Å². The number of rotatable bonds is 4. The zero-order chi connectivity index (χ0) is 20.3. The predicted octanol–water partition coefficient (Wildman–Crippen LogP) is 6.74. The van der Waals surface area contributed by atoms with Gasteiger partial charge < -0.3 is 4.90 Å². The van der Waals surface area contributed by atoms with Crippen molar-refractivity contribution in [3.05, 3.63) is 71.3 Å². The van der Waals surface area contributed by atoms with Gasteiger partial charge in [0.05, 0.1) is 4.75 Å². The molecular weight excluding hydrogens is 388 g/mol. The molecule has 1 aliphatic heterocycles. The van der Waals surface area contributed by atoms with Gasteiger partial charge in [0.25, 0.3) is 5.24 Å². The lowest BCUT2D eigenvalue weighted by Crippen LogP contribution is -2.38. The molecule has 1 aliphatic carbocycles. The molecule has 0 aromatic heterocycles. The van der Waals surface area contributed by atoms with Crippen molar-refractivity contribution in [3.63, 3.8) is 0 Å². The summed E-state index contributed by atoms with van der Waals surface area (Å²) in [6.07, 6.45) is 7.53. The zero-order valence-electron chi connectivity index (χ0n) is 16.6.